The number of nitrogens with one attached hydrogen (secondary N) is 2. The summed E-state index contributed by atoms with van der Waals surface area (Å²) in [5.41, 5.74) is 5.84. The molecule has 120 valence electrons. The first-order chi connectivity index (χ1) is 11.6. The van der Waals surface area contributed by atoms with E-state index in [2.05, 4.69) is 10.9 Å². The zero-order valence-corrected chi connectivity index (χ0v) is 12.3. The molecule has 0 fully saturated rings. The lowest BCUT2D eigenvalue weighted by molar-refractivity contribution is -0.393. The van der Waals surface area contributed by atoms with E-state index in [1.54, 1.807) is 0 Å². The van der Waals surface area contributed by atoms with Crippen LogP contribution in [0.3, 0.4) is 0 Å². The van der Waals surface area contributed by atoms with E-state index in [9.17, 15) is 20.2 Å². The van der Waals surface area contributed by atoms with Gasteiger partial charge in [0, 0.05) is 11.5 Å². The van der Waals surface area contributed by atoms with Gasteiger partial charge < -0.3 is 5.43 Å². The number of hydrogen-bond acceptors (Lipinski definition) is 6. The first-order valence-corrected chi connectivity index (χ1v) is 6.99. The Labute approximate surface area is 136 Å². The number of hydrazine groups is 1. The van der Waals surface area contributed by atoms with Gasteiger partial charge in [0.05, 0.1) is 21.6 Å². The molecule has 0 unspecified atom stereocenters. The molecule has 3 aromatic rings. The van der Waals surface area contributed by atoms with E-state index in [-0.39, 0.29) is 17.1 Å². The Kier molecular flexibility index (Phi) is 3.94. The lowest BCUT2D eigenvalue weighted by Crippen LogP contribution is -2.10. The van der Waals surface area contributed by atoms with Crippen LogP contribution in [0, 0.1) is 20.2 Å². The molecule has 8 heteroatoms. The van der Waals surface area contributed by atoms with Gasteiger partial charge in [0.15, 0.2) is 0 Å². The molecule has 0 saturated carbocycles. The number of nitro groups is 2. The van der Waals surface area contributed by atoms with Crippen molar-refractivity contribution in [3.63, 3.8) is 0 Å². The number of non-ortho nitro benzene ring substituents is 1. The second-order valence-electron chi connectivity index (χ2n) is 4.99. The van der Waals surface area contributed by atoms with E-state index < -0.39 is 9.85 Å². The number of anilines is 2. The molecular weight excluding hydrogens is 312 g/mol. The Hall–Kier alpha value is -3.68. The third-order valence-electron chi connectivity index (χ3n) is 3.51. The monoisotopic (exact) mass is 324 g/mol. The Balaban J connectivity index is 1.91. The number of fused-ring (bicyclic) bond motifs is 1. The SMILES string of the molecule is O=[N+]([O-])c1ccc(NNc2cccc3ccccc23)c([N+](=O)[O-])c1. The summed E-state index contributed by atoms with van der Waals surface area (Å²) in [7, 11) is 0. The lowest BCUT2D eigenvalue weighted by Gasteiger charge is -2.12. The number of nitro benzene ring substituents is 2. The van der Waals surface area contributed by atoms with E-state index in [1.165, 1.54) is 12.1 Å². The zero-order chi connectivity index (χ0) is 17.1. The van der Waals surface area contributed by atoms with Crippen LogP contribution in [0.15, 0.2) is 60.7 Å². The molecule has 0 amide bonds. The van der Waals surface area contributed by atoms with E-state index in [4.69, 9.17) is 0 Å². The predicted octanol–water partition coefficient (Wildman–Crippen LogP) is 4.10. The van der Waals surface area contributed by atoms with Crippen LogP contribution in [0.1, 0.15) is 0 Å². The van der Waals surface area contributed by atoms with Crippen molar-refractivity contribution in [2.45, 2.75) is 0 Å². The summed E-state index contributed by atoms with van der Waals surface area (Å²) in [6.07, 6.45) is 0. The molecule has 3 rings (SSSR count). The Morgan fingerprint density at radius 3 is 2.21 bits per heavy atom. The standard InChI is InChI=1S/C16H12N4O4/c21-19(22)12-8-9-15(16(10-12)20(23)24)18-17-14-7-3-5-11-4-1-2-6-13(11)14/h1-10,17-18H. The largest absolute Gasteiger partial charge is 0.300 e. The van der Waals surface area contributed by atoms with E-state index >= 15 is 0 Å². The maximum atomic E-state index is 11.1. The molecule has 0 aliphatic carbocycles. The molecule has 0 radical (unpaired) electrons. The number of rotatable bonds is 5. The third-order valence-corrected chi connectivity index (χ3v) is 3.51. The molecule has 0 atom stereocenters. The van der Waals surface area contributed by atoms with Crippen molar-refractivity contribution in [1.29, 1.82) is 0 Å². The average Bonchev–Trinajstić information content (AvgIpc) is 2.59. The second-order valence-corrected chi connectivity index (χ2v) is 4.99. The molecule has 3 aromatic carbocycles. The van der Waals surface area contributed by atoms with Gasteiger partial charge in [-0.15, -0.1) is 0 Å². The van der Waals surface area contributed by atoms with Crippen molar-refractivity contribution < 1.29 is 9.85 Å². The minimum absolute atomic E-state index is 0.138. The molecular formula is C16H12N4O4. The Morgan fingerprint density at radius 2 is 1.46 bits per heavy atom. The third kappa shape index (κ3) is 2.93. The van der Waals surface area contributed by atoms with E-state index in [0.717, 1.165) is 22.5 Å². The summed E-state index contributed by atoms with van der Waals surface area (Å²) in [4.78, 5) is 20.6. The fourth-order valence-electron chi connectivity index (χ4n) is 2.36. The van der Waals surface area contributed by atoms with Gasteiger partial charge in [-0.3, -0.25) is 25.7 Å². The number of nitrogens with zero attached hydrogens (tertiary/aromatic N) is 2. The number of hydrogen-bond donors (Lipinski definition) is 2. The second kappa shape index (κ2) is 6.21. The first-order valence-electron chi connectivity index (χ1n) is 6.99. The molecule has 0 spiro atoms. The van der Waals surface area contributed by atoms with Gasteiger partial charge in [0.1, 0.15) is 5.69 Å². The summed E-state index contributed by atoms with van der Waals surface area (Å²) >= 11 is 0. The highest BCUT2D eigenvalue weighted by Crippen LogP contribution is 2.30. The Morgan fingerprint density at radius 1 is 0.750 bits per heavy atom. The summed E-state index contributed by atoms with van der Waals surface area (Å²) in [6.45, 7) is 0. The van der Waals surface area contributed by atoms with Gasteiger partial charge in [0.25, 0.3) is 5.69 Å². The predicted molar refractivity (Wildman–Crippen MR) is 90.9 cm³/mol. The molecule has 2 N–H and O–H groups in total. The lowest BCUT2D eigenvalue weighted by atomic mass is 10.1. The summed E-state index contributed by atoms with van der Waals surface area (Å²) in [5.74, 6) is 0. The fraction of sp³-hybridized carbons (Fsp3) is 0. The van der Waals surface area contributed by atoms with E-state index in [1.807, 2.05) is 42.5 Å². The van der Waals surface area contributed by atoms with Crippen molar-refractivity contribution in [1.82, 2.24) is 0 Å². The van der Waals surface area contributed by atoms with Crippen LogP contribution in [0.5, 0.6) is 0 Å². The van der Waals surface area contributed by atoms with Crippen molar-refractivity contribution in [3.8, 4) is 0 Å². The quantitative estimate of drug-likeness (QED) is 0.540. The highest BCUT2D eigenvalue weighted by atomic mass is 16.6. The van der Waals surface area contributed by atoms with Gasteiger partial charge in [0.2, 0.25) is 0 Å². The van der Waals surface area contributed by atoms with Crippen LogP contribution in [0.2, 0.25) is 0 Å². The van der Waals surface area contributed by atoms with Gasteiger partial charge in [-0.1, -0.05) is 36.4 Å². The smallest absolute Gasteiger partial charge is 0.300 e. The first kappa shape index (κ1) is 15.2. The van der Waals surface area contributed by atoms with Gasteiger partial charge in [-0.05, 0) is 17.5 Å². The highest BCUT2D eigenvalue weighted by molar-refractivity contribution is 5.94. The summed E-state index contributed by atoms with van der Waals surface area (Å²) in [5, 5.41) is 23.9. The van der Waals surface area contributed by atoms with Crippen LogP contribution in [0.25, 0.3) is 10.8 Å². The molecule has 0 saturated heterocycles. The Bertz CT molecular complexity index is 937. The van der Waals surface area contributed by atoms with E-state index in [0.29, 0.717) is 0 Å². The van der Waals surface area contributed by atoms with Crippen LogP contribution in [-0.2, 0) is 0 Å². The minimum atomic E-state index is -0.672. The van der Waals surface area contributed by atoms with Gasteiger partial charge in [-0.25, -0.2) is 0 Å². The maximum absolute atomic E-state index is 11.1. The minimum Gasteiger partial charge on any atom is -0.300 e. The summed E-state index contributed by atoms with van der Waals surface area (Å²) in [6, 6.07) is 16.8. The van der Waals surface area contributed by atoms with Crippen LogP contribution in [-0.4, -0.2) is 9.85 Å². The zero-order valence-electron chi connectivity index (χ0n) is 12.3. The highest BCUT2D eigenvalue weighted by Gasteiger charge is 2.19. The molecule has 0 bridgehead atoms. The van der Waals surface area contributed by atoms with Gasteiger partial charge in [-0.2, -0.15) is 0 Å². The summed E-state index contributed by atoms with van der Waals surface area (Å²) < 4.78 is 0. The fourth-order valence-corrected chi connectivity index (χ4v) is 2.36. The molecule has 0 aromatic heterocycles. The maximum Gasteiger partial charge on any atom is 0.300 e. The molecule has 24 heavy (non-hydrogen) atoms. The molecule has 0 heterocycles. The average molecular weight is 324 g/mol. The normalized spacial score (nSPS) is 10.3. The molecule has 0 aliphatic rings. The van der Waals surface area contributed by atoms with Crippen molar-refractivity contribution in [2.24, 2.45) is 0 Å². The molecule has 8 nitrogen and oxygen atoms in total. The van der Waals surface area contributed by atoms with Crippen LogP contribution < -0.4 is 10.9 Å². The van der Waals surface area contributed by atoms with Crippen molar-refractivity contribution >= 4 is 33.5 Å². The number of benzene rings is 3. The van der Waals surface area contributed by atoms with Crippen LogP contribution >= 0.6 is 0 Å². The van der Waals surface area contributed by atoms with Crippen LogP contribution in [0.4, 0.5) is 22.7 Å². The van der Waals surface area contributed by atoms with Crippen molar-refractivity contribution in [3.05, 3.63) is 80.9 Å². The van der Waals surface area contributed by atoms with Gasteiger partial charge >= 0.3 is 5.69 Å². The molecule has 0 aliphatic heterocycles. The topological polar surface area (TPSA) is 110 Å². The van der Waals surface area contributed by atoms with Crippen molar-refractivity contribution in [2.75, 3.05) is 10.9 Å².